The van der Waals surface area contributed by atoms with Gasteiger partial charge in [0.05, 0.1) is 42.7 Å². The summed E-state index contributed by atoms with van der Waals surface area (Å²) in [6, 6.07) is 7.60. The predicted octanol–water partition coefficient (Wildman–Crippen LogP) is 12.1. The van der Waals surface area contributed by atoms with Crippen molar-refractivity contribution in [1.82, 2.24) is 0 Å². The summed E-state index contributed by atoms with van der Waals surface area (Å²) in [6.45, 7) is 28.5. The molecule has 2 rings (SSSR count). The first-order valence-electron chi connectivity index (χ1n) is 15.3. The molecule has 1 aliphatic rings. The van der Waals surface area contributed by atoms with E-state index in [4.69, 9.17) is 54.3 Å². The van der Waals surface area contributed by atoms with Gasteiger partial charge in [-0.1, -0.05) is 12.1 Å². The molecule has 256 valence electrons. The van der Waals surface area contributed by atoms with E-state index in [2.05, 4.69) is 0 Å². The Hall–Kier alpha value is -0.340. The molecule has 0 radical (unpaired) electrons. The molecule has 0 N–H and O–H groups in total. The van der Waals surface area contributed by atoms with Gasteiger partial charge in [-0.2, -0.15) is 0 Å². The van der Waals surface area contributed by atoms with Crippen molar-refractivity contribution in [2.75, 3.05) is 0 Å². The van der Waals surface area contributed by atoms with Crippen LogP contribution in [-0.2, 0) is 31.7 Å². The van der Waals surface area contributed by atoms with Crippen LogP contribution in [0.15, 0.2) is 42.3 Å². The number of hydrogen-bond acceptors (Lipinski definition) is 12. The number of hydrogen-bond donors (Lipinski definition) is 0. The van der Waals surface area contributed by atoms with E-state index in [1.165, 1.54) is 0 Å². The number of nitrogens with zero attached hydrogens (tertiary/aromatic N) is 4. The highest BCUT2D eigenvalue weighted by Gasteiger charge is 2.46. The first-order chi connectivity index (χ1) is 20.2. The number of rotatable bonds is 16. The summed E-state index contributed by atoms with van der Waals surface area (Å²) in [5.74, 6) is 0.504. The standard InChI is InChI=1S/C28H56N4O8P4/c1-20(2)33-41(34-21(3)4)29-42(35-22(5)6,36-23(7)8)31-44(39-26(13)14,40-28-18-16-17-27(15)19-28)32-43(30-41,37-24(9)10)38-25(11)12/h16-26H,1-15H3. The molecule has 1 heterocycles. The van der Waals surface area contributed by atoms with Gasteiger partial charge < -0.3 is 31.7 Å². The molecule has 0 spiro atoms. The molecule has 12 nitrogen and oxygen atoms in total. The molecule has 0 aromatic heterocycles. The fourth-order valence-corrected chi connectivity index (χ4v) is 17.3. The lowest BCUT2D eigenvalue weighted by Gasteiger charge is -2.36. The van der Waals surface area contributed by atoms with Crippen LogP contribution >= 0.6 is 30.6 Å². The Labute approximate surface area is 266 Å². The Morgan fingerprint density at radius 2 is 0.705 bits per heavy atom. The highest BCUT2D eigenvalue weighted by Crippen LogP contribution is 2.81. The van der Waals surface area contributed by atoms with E-state index in [0.717, 1.165) is 5.56 Å². The largest absolute Gasteiger partial charge is 0.422 e. The summed E-state index contributed by atoms with van der Waals surface area (Å²) in [7, 11) is -14.8. The molecular formula is C28H56N4O8P4. The van der Waals surface area contributed by atoms with Gasteiger partial charge >= 0.3 is 30.6 Å². The highest BCUT2D eigenvalue weighted by atomic mass is 31.3. The summed E-state index contributed by atoms with van der Waals surface area (Å²) >= 11 is 0. The van der Waals surface area contributed by atoms with Gasteiger partial charge in [0.25, 0.3) is 0 Å². The molecule has 1 aromatic rings. The third-order valence-electron chi connectivity index (χ3n) is 4.56. The molecule has 1 aliphatic heterocycles. The second kappa shape index (κ2) is 16.7. The van der Waals surface area contributed by atoms with Gasteiger partial charge in [-0.05, 0) is 122 Å². The molecule has 0 bridgehead atoms. The molecule has 0 aliphatic carbocycles. The zero-order valence-corrected chi connectivity index (χ0v) is 32.8. The van der Waals surface area contributed by atoms with E-state index >= 15 is 0 Å². The van der Waals surface area contributed by atoms with E-state index in [1.807, 2.05) is 128 Å². The van der Waals surface area contributed by atoms with Gasteiger partial charge in [0.1, 0.15) is 5.75 Å². The van der Waals surface area contributed by atoms with Gasteiger partial charge in [-0.25, -0.2) is 0 Å². The maximum Gasteiger partial charge on any atom is 0.403 e. The van der Waals surface area contributed by atoms with Gasteiger partial charge in [0.2, 0.25) is 0 Å². The van der Waals surface area contributed by atoms with Crippen molar-refractivity contribution in [3.63, 3.8) is 0 Å². The second-order valence-corrected chi connectivity index (χ2v) is 20.8. The fourth-order valence-electron chi connectivity index (χ4n) is 3.80. The summed E-state index contributed by atoms with van der Waals surface area (Å²) in [6.07, 6.45) is -2.48. The van der Waals surface area contributed by atoms with E-state index in [9.17, 15) is 0 Å². The summed E-state index contributed by atoms with van der Waals surface area (Å²) < 4.78 is 73.6. The van der Waals surface area contributed by atoms with Crippen molar-refractivity contribution >= 4 is 30.6 Å². The van der Waals surface area contributed by atoms with Crippen LogP contribution in [0.2, 0.25) is 0 Å². The quantitative estimate of drug-likeness (QED) is 0.156. The van der Waals surface area contributed by atoms with Crippen molar-refractivity contribution in [1.29, 1.82) is 0 Å². The third kappa shape index (κ3) is 12.7. The van der Waals surface area contributed by atoms with Gasteiger partial charge in [-0.3, -0.25) is 4.52 Å². The van der Waals surface area contributed by atoms with Crippen LogP contribution in [0.25, 0.3) is 0 Å². The van der Waals surface area contributed by atoms with Crippen LogP contribution < -0.4 is 4.52 Å². The van der Waals surface area contributed by atoms with E-state index in [1.54, 1.807) is 0 Å². The first-order valence-corrected chi connectivity index (χ1v) is 21.4. The molecular weight excluding hydrogens is 644 g/mol. The summed E-state index contributed by atoms with van der Waals surface area (Å²) in [5, 5.41) is 0. The summed E-state index contributed by atoms with van der Waals surface area (Å²) in [5.41, 5.74) is 0.989. The van der Waals surface area contributed by atoms with Crippen molar-refractivity contribution in [2.45, 2.75) is 147 Å². The van der Waals surface area contributed by atoms with Crippen LogP contribution in [0, 0.1) is 6.92 Å². The topological polar surface area (TPSA) is 123 Å². The van der Waals surface area contributed by atoms with Crippen LogP contribution in [0.1, 0.15) is 102 Å². The van der Waals surface area contributed by atoms with Crippen LogP contribution in [0.3, 0.4) is 0 Å². The van der Waals surface area contributed by atoms with E-state index < -0.39 is 30.6 Å². The van der Waals surface area contributed by atoms with Crippen LogP contribution in [0.4, 0.5) is 0 Å². The van der Waals surface area contributed by atoms with E-state index in [0.29, 0.717) is 5.75 Å². The minimum Gasteiger partial charge on any atom is -0.422 e. The number of aryl methyl sites for hydroxylation is 1. The third-order valence-corrected chi connectivity index (χ3v) is 17.1. The van der Waals surface area contributed by atoms with E-state index in [-0.39, 0.29) is 42.7 Å². The molecule has 1 unspecified atom stereocenters. The van der Waals surface area contributed by atoms with Crippen molar-refractivity contribution < 1.29 is 36.2 Å². The monoisotopic (exact) mass is 700 g/mol. The maximum absolute atomic E-state index is 6.74. The lowest BCUT2D eigenvalue weighted by Crippen LogP contribution is -2.14. The maximum atomic E-state index is 6.74. The normalized spacial score (nSPS) is 21.3. The van der Waals surface area contributed by atoms with Gasteiger partial charge in [0, 0.05) is 0 Å². The predicted molar refractivity (Wildman–Crippen MR) is 183 cm³/mol. The highest BCUT2D eigenvalue weighted by molar-refractivity contribution is 7.78. The number of benzene rings is 1. The summed E-state index contributed by atoms with van der Waals surface area (Å²) in [4.78, 5) is 0. The molecule has 16 heteroatoms. The Kier molecular flexibility index (Phi) is 15.1. The lowest BCUT2D eigenvalue weighted by atomic mass is 10.2. The van der Waals surface area contributed by atoms with Crippen molar-refractivity contribution in [3.8, 4) is 5.75 Å². The van der Waals surface area contributed by atoms with Crippen molar-refractivity contribution in [2.24, 2.45) is 18.1 Å². The minimum atomic E-state index is -3.78. The Morgan fingerprint density at radius 1 is 0.432 bits per heavy atom. The smallest absolute Gasteiger partial charge is 0.403 e. The Morgan fingerprint density at radius 3 is 1.00 bits per heavy atom. The average molecular weight is 701 g/mol. The van der Waals surface area contributed by atoms with Crippen LogP contribution in [-0.4, -0.2) is 42.7 Å². The fraction of sp³-hybridized carbons (Fsp3) is 0.786. The Bertz CT molecular complexity index is 1250. The zero-order valence-electron chi connectivity index (χ0n) is 29.2. The molecule has 0 saturated heterocycles. The second-order valence-electron chi connectivity index (χ2n) is 12.3. The lowest BCUT2D eigenvalue weighted by molar-refractivity contribution is 0.155. The first kappa shape index (κ1) is 39.8. The molecule has 1 atom stereocenters. The van der Waals surface area contributed by atoms with Crippen molar-refractivity contribution in [3.05, 3.63) is 29.8 Å². The van der Waals surface area contributed by atoms with Gasteiger partial charge in [0.15, 0.2) is 0 Å². The molecule has 0 amide bonds. The molecule has 0 fully saturated rings. The zero-order chi connectivity index (χ0) is 33.5. The SMILES string of the molecule is Cc1cccc(OP2(OC(C)C)=NP(OC(C)C)(OC(C)C)=NP(OC(C)C)(OC(C)C)=NP(OC(C)C)(OC(C)C)=N2)c1. The van der Waals surface area contributed by atoms with Gasteiger partial charge in [-0.15, -0.1) is 18.1 Å². The average Bonchev–Trinajstić information content (AvgIpc) is 2.73. The Balaban J connectivity index is 3.37. The minimum absolute atomic E-state index is 0.343. The van der Waals surface area contributed by atoms with Crippen LogP contribution in [0.5, 0.6) is 5.75 Å². The molecule has 44 heavy (non-hydrogen) atoms. The molecule has 0 saturated carbocycles. The molecule has 1 aromatic carbocycles.